The summed E-state index contributed by atoms with van der Waals surface area (Å²) < 4.78 is 0. The molecule has 524 valence electrons. The van der Waals surface area contributed by atoms with Crippen molar-refractivity contribution in [2.75, 3.05) is 0 Å². The van der Waals surface area contributed by atoms with E-state index in [4.69, 9.17) is 0 Å². The SMILES string of the molecule is c1ccc(-c2cc(-c3ccccc3)cc(-c3ccc(-c4c5ccccc5c(-c5ccc(-c6cc(-c7ccccc7)cc(-c7ccccc7)c6)cc5)c5ccccc45)cc3)c2)cc1.c1ccc(-c2cccc(-c3ccc(-c4c5ccccc5c(-c5ccc(-c6cccc(-c7ccccc7)c6)cc5)c5ccccc45)cc3)c2)cc1. The molecule has 0 radical (unpaired) electrons. The third kappa shape index (κ3) is 13.7. The Morgan fingerprint density at radius 1 is 0.0714 bits per heavy atom. The Bertz CT molecular complexity index is 6110. The highest BCUT2D eigenvalue weighted by atomic mass is 14.2. The molecule has 0 heteroatoms. The molecule has 112 heavy (non-hydrogen) atoms. The minimum Gasteiger partial charge on any atom is -0.0622 e. The highest BCUT2D eigenvalue weighted by Crippen LogP contribution is 2.48. The predicted molar refractivity (Wildman–Crippen MR) is 479 cm³/mol. The summed E-state index contributed by atoms with van der Waals surface area (Å²) in [6, 6.07) is 168. The smallest absolute Gasteiger partial charge is 0.00264 e. The summed E-state index contributed by atoms with van der Waals surface area (Å²) in [7, 11) is 0. The monoisotopic (exact) mass is 1420 g/mol. The van der Waals surface area contributed by atoms with Gasteiger partial charge in [-0.3, -0.25) is 0 Å². The predicted octanol–water partition coefficient (Wildman–Crippen LogP) is 31.3. The van der Waals surface area contributed by atoms with Crippen molar-refractivity contribution in [3.05, 3.63) is 461 Å². The van der Waals surface area contributed by atoms with Gasteiger partial charge in [0.15, 0.2) is 0 Å². The number of hydrogen-bond acceptors (Lipinski definition) is 0. The standard InChI is InChI=1S/C62H42.C50H34/c1-5-17-43(18-6-1)51-37-52(44-19-7-2-8-20-44)40-55(39-51)47-29-33-49(34-30-47)61-57-25-13-15-27-59(57)62(60-28-16-14-26-58(60)61)50-35-31-48(32-36-50)56-41-53(45-21-9-3-10-22-45)38-54(42-56)46-23-11-4-12-24-46;1-3-13-35(14-4-1)41-17-11-19-43(33-41)37-25-29-39(30-26-37)49-45-21-7-9-23-47(45)50(48-24-10-8-22-46(48)49)40-31-27-38(28-32-40)44-20-12-18-42(34-44)36-15-5-2-6-16-36/h1-42H;1-34H. The molecule has 0 saturated carbocycles. The summed E-state index contributed by atoms with van der Waals surface area (Å²) in [4.78, 5) is 0. The molecule has 0 saturated heterocycles. The highest BCUT2D eigenvalue weighted by Gasteiger charge is 2.21. The van der Waals surface area contributed by atoms with Crippen molar-refractivity contribution in [3.63, 3.8) is 0 Å². The molecule has 0 aromatic heterocycles. The Balaban J connectivity index is 0.000000154. The molecule has 0 nitrogen and oxygen atoms in total. The van der Waals surface area contributed by atoms with Gasteiger partial charge in [-0.1, -0.05) is 413 Å². The first-order valence-electron chi connectivity index (χ1n) is 38.7. The van der Waals surface area contributed by atoms with Crippen LogP contribution in [0.5, 0.6) is 0 Å². The van der Waals surface area contributed by atoms with Crippen molar-refractivity contribution in [1.82, 2.24) is 0 Å². The second kappa shape index (κ2) is 30.6. The van der Waals surface area contributed by atoms with Crippen LogP contribution in [0.15, 0.2) is 461 Å². The van der Waals surface area contributed by atoms with E-state index in [0.717, 1.165) is 0 Å². The van der Waals surface area contributed by atoms with E-state index in [2.05, 4.69) is 461 Å². The van der Waals surface area contributed by atoms with Crippen LogP contribution in [0.4, 0.5) is 0 Å². The van der Waals surface area contributed by atoms with Crippen molar-refractivity contribution in [1.29, 1.82) is 0 Å². The average Bonchev–Trinajstić information content (AvgIpc) is 0.738. The Hall–Kier alpha value is -14.6. The number of hydrogen-bond donors (Lipinski definition) is 0. The maximum absolute atomic E-state index is 2.32. The lowest BCUT2D eigenvalue weighted by Gasteiger charge is -2.18. The zero-order chi connectivity index (χ0) is 74.5. The molecule has 0 aliphatic rings. The molecule has 0 unspecified atom stereocenters. The van der Waals surface area contributed by atoms with Crippen LogP contribution in [-0.4, -0.2) is 0 Å². The van der Waals surface area contributed by atoms with Crippen molar-refractivity contribution in [2.24, 2.45) is 0 Å². The number of benzene rings is 20. The lowest BCUT2D eigenvalue weighted by molar-refractivity contribution is 1.56. The maximum Gasteiger partial charge on any atom is -0.00264 e. The highest BCUT2D eigenvalue weighted by molar-refractivity contribution is 6.23. The second-order valence-corrected chi connectivity index (χ2v) is 28.9. The van der Waals surface area contributed by atoms with E-state index < -0.39 is 0 Å². The van der Waals surface area contributed by atoms with Crippen molar-refractivity contribution >= 4 is 43.1 Å². The van der Waals surface area contributed by atoms with Crippen LogP contribution in [0.25, 0.3) is 199 Å². The Kier molecular flexibility index (Phi) is 18.6. The van der Waals surface area contributed by atoms with Crippen molar-refractivity contribution < 1.29 is 0 Å². The third-order valence-corrected chi connectivity index (χ3v) is 22.1. The van der Waals surface area contributed by atoms with Gasteiger partial charge in [-0.05, 0) is 247 Å². The van der Waals surface area contributed by atoms with E-state index in [9.17, 15) is 0 Å². The summed E-state index contributed by atoms with van der Waals surface area (Å²) in [5, 5.41) is 10.0. The van der Waals surface area contributed by atoms with Crippen molar-refractivity contribution in [3.8, 4) is 156 Å². The lowest BCUT2D eigenvalue weighted by atomic mass is 9.85. The summed E-state index contributed by atoms with van der Waals surface area (Å²) in [6.45, 7) is 0. The molecule has 0 amide bonds. The molecule has 20 rings (SSSR count). The van der Waals surface area contributed by atoms with Crippen LogP contribution in [0, 0.1) is 0 Å². The minimum atomic E-state index is 1.19. The quantitative estimate of drug-likeness (QED) is 0.0952. The van der Waals surface area contributed by atoms with Gasteiger partial charge in [-0.25, -0.2) is 0 Å². The molecule has 20 aromatic carbocycles. The molecule has 0 fully saturated rings. The van der Waals surface area contributed by atoms with Crippen LogP contribution in [0.2, 0.25) is 0 Å². The van der Waals surface area contributed by atoms with Crippen molar-refractivity contribution in [2.45, 2.75) is 0 Å². The third-order valence-electron chi connectivity index (χ3n) is 22.1. The molecule has 0 N–H and O–H groups in total. The molecule has 0 aliphatic carbocycles. The minimum absolute atomic E-state index is 1.19. The first-order chi connectivity index (χ1) is 55.5. The fourth-order valence-corrected chi connectivity index (χ4v) is 16.6. The molecular formula is C112H76. The number of rotatable bonds is 14. The van der Waals surface area contributed by atoms with Gasteiger partial charge in [0.2, 0.25) is 0 Å². The van der Waals surface area contributed by atoms with E-state index in [1.807, 2.05) is 0 Å². The average molecular weight is 1420 g/mol. The Morgan fingerprint density at radius 2 is 0.188 bits per heavy atom. The zero-order valence-corrected chi connectivity index (χ0v) is 61.9. The van der Waals surface area contributed by atoms with Gasteiger partial charge in [0, 0.05) is 0 Å². The fraction of sp³-hybridized carbons (Fsp3) is 0. The molecule has 0 bridgehead atoms. The Labute approximate surface area is 655 Å². The van der Waals surface area contributed by atoms with Crippen LogP contribution in [0.1, 0.15) is 0 Å². The van der Waals surface area contributed by atoms with E-state index >= 15 is 0 Å². The topological polar surface area (TPSA) is 0 Å². The molecule has 0 aliphatic heterocycles. The molecule has 0 heterocycles. The largest absolute Gasteiger partial charge is 0.0622 e. The fourth-order valence-electron chi connectivity index (χ4n) is 16.6. The summed E-state index contributed by atoms with van der Waals surface area (Å²) in [5.41, 5.74) is 34.2. The molecular weight excluding hydrogens is 1350 g/mol. The van der Waals surface area contributed by atoms with Gasteiger partial charge in [0.05, 0.1) is 0 Å². The molecule has 0 atom stereocenters. The first kappa shape index (κ1) is 68.0. The van der Waals surface area contributed by atoms with E-state index in [1.165, 1.54) is 199 Å². The van der Waals surface area contributed by atoms with Crippen LogP contribution in [0.3, 0.4) is 0 Å². The van der Waals surface area contributed by atoms with E-state index in [-0.39, 0.29) is 0 Å². The summed E-state index contributed by atoms with van der Waals surface area (Å²) in [5.74, 6) is 0. The summed E-state index contributed by atoms with van der Waals surface area (Å²) >= 11 is 0. The van der Waals surface area contributed by atoms with Gasteiger partial charge in [-0.15, -0.1) is 0 Å². The van der Waals surface area contributed by atoms with Gasteiger partial charge in [-0.2, -0.15) is 0 Å². The lowest BCUT2D eigenvalue weighted by Crippen LogP contribution is -1.91. The first-order valence-corrected chi connectivity index (χ1v) is 38.7. The zero-order valence-electron chi connectivity index (χ0n) is 61.9. The normalized spacial score (nSPS) is 11.2. The van der Waals surface area contributed by atoms with Gasteiger partial charge >= 0.3 is 0 Å². The van der Waals surface area contributed by atoms with Crippen LogP contribution < -0.4 is 0 Å². The Morgan fingerprint density at radius 3 is 0.366 bits per heavy atom. The van der Waals surface area contributed by atoms with Gasteiger partial charge in [0.25, 0.3) is 0 Å². The van der Waals surface area contributed by atoms with Crippen LogP contribution in [-0.2, 0) is 0 Å². The van der Waals surface area contributed by atoms with Crippen LogP contribution >= 0.6 is 0 Å². The maximum atomic E-state index is 2.32. The number of fused-ring (bicyclic) bond motifs is 4. The second-order valence-electron chi connectivity index (χ2n) is 28.9. The summed E-state index contributed by atoms with van der Waals surface area (Å²) in [6.07, 6.45) is 0. The molecule has 20 aromatic rings. The van der Waals surface area contributed by atoms with Gasteiger partial charge < -0.3 is 0 Å². The van der Waals surface area contributed by atoms with Gasteiger partial charge in [0.1, 0.15) is 0 Å². The molecule has 0 spiro atoms. The van der Waals surface area contributed by atoms with E-state index in [1.54, 1.807) is 0 Å². The van der Waals surface area contributed by atoms with E-state index in [0.29, 0.717) is 0 Å².